The molecule has 2 rings (SSSR count). The van der Waals surface area contributed by atoms with Gasteiger partial charge >= 0.3 is 11.9 Å². The smallest absolute Gasteiger partial charge is 0.394 e. The van der Waals surface area contributed by atoms with E-state index in [2.05, 4.69) is 4.98 Å². The van der Waals surface area contributed by atoms with E-state index in [0.717, 1.165) is 0 Å². The number of oxazole rings is 1. The Morgan fingerprint density at radius 3 is 2.94 bits per heavy atom. The molecule has 0 atom stereocenters. The van der Waals surface area contributed by atoms with Crippen molar-refractivity contribution in [3.63, 3.8) is 0 Å². The highest BCUT2D eigenvalue weighted by molar-refractivity contribution is 5.84. The van der Waals surface area contributed by atoms with Crippen molar-refractivity contribution in [1.29, 1.82) is 0 Å². The first-order valence-electron chi connectivity index (χ1n) is 5.42. The molecule has 1 aromatic carbocycles. The summed E-state index contributed by atoms with van der Waals surface area (Å²) < 4.78 is 17.6. The second-order valence-electron chi connectivity index (χ2n) is 3.05. The Balaban J connectivity index is 2.35. The van der Waals surface area contributed by atoms with Gasteiger partial charge in [0.1, 0.15) is 0 Å². The normalized spacial score (nSPS) is 10.9. The zero-order valence-corrected chi connectivity index (χ0v) is 8.77. The second kappa shape index (κ2) is 4.61. The average molecular weight is 218 g/mol. The van der Waals surface area contributed by atoms with Crippen molar-refractivity contribution in [2.24, 2.45) is 0 Å². The van der Waals surface area contributed by atoms with E-state index >= 15 is 0 Å². The highest BCUT2D eigenvalue weighted by atomic mass is 16.5. The lowest BCUT2D eigenvalue weighted by Crippen LogP contribution is -2.04. The number of nitrogens with zero attached hydrogens (tertiary/aromatic N) is 1. The van der Waals surface area contributed by atoms with Crippen molar-refractivity contribution in [1.82, 2.24) is 4.98 Å². The zero-order chi connectivity index (χ0) is 12.3. The molecule has 0 aliphatic rings. The summed E-state index contributed by atoms with van der Waals surface area (Å²) in [6.45, 7) is 1.94. The third-order valence-corrected chi connectivity index (χ3v) is 1.94. The SMILES string of the molecule is [2H]c1nc(C(=O)OCC)oc1-c1ccccc1. The number of hydrogen-bond acceptors (Lipinski definition) is 4. The molecule has 0 aliphatic heterocycles. The van der Waals surface area contributed by atoms with Crippen LogP contribution < -0.4 is 0 Å². The first kappa shape index (κ1) is 9.15. The Morgan fingerprint density at radius 1 is 1.50 bits per heavy atom. The number of hydrogen-bond donors (Lipinski definition) is 0. The lowest BCUT2D eigenvalue weighted by molar-refractivity contribution is 0.0482. The van der Waals surface area contributed by atoms with Gasteiger partial charge in [0.05, 0.1) is 14.2 Å². The number of rotatable bonds is 3. The van der Waals surface area contributed by atoms with Crippen LogP contribution in [-0.2, 0) is 4.74 Å². The predicted octanol–water partition coefficient (Wildman–Crippen LogP) is 2.52. The summed E-state index contributed by atoms with van der Waals surface area (Å²) in [6.07, 6.45) is -0.0701. The fourth-order valence-electron chi connectivity index (χ4n) is 1.24. The van der Waals surface area contributed by atoms with Gasteiger partial charge in [0.25, 0.3) is 0 Å². The van der Waals surface area contributed by atoms with Crippen molar-refractivity contribution >= 4 is 5.97 Å². The summed E-state index contributed by atoms with van der Waals surface area (Å²) >= 11 is 0. The summed E-state index contributed by atoms with van der Waals surface area (Å²) in [5, 5.41) is 0. The highest BCUT2D eigenvalue weighted by Gasteiger charge is 2.14. The van der Waals surface area contributed by atoms with E-state index in [1.807, 2.05) is 18.2 Å². The van der Waals surface area contributed by atoms with Crippen molar-refractivity contribution in [2.75, 3.05) is 6.61 Å². The first-order chi connectivity index (χ1) is 8.22. The van der Waals surface area contributed by atoms with Gasteiger partial charge in [-0.3, -0.25) is 0 Å². The van der Waals surface area contributed by atoms with Gasteiger partial charge in [-0.1, -0.05) is 30.3 Å². The van der Waals surface area contributed by atoms with Crippen LogP contribution in [0.1, 0.15) is 19.0 Å². The number of aromatic nitrogens is 1. The van der Waals surface area contributed by atoms with Crippen molar-refractivity contribution < 1.29 is 15.3 Å². The number of esters is 1. The number of benzene rings is 1. The van der Waals surface area contributed by atoms with E-state index in [0.29, 0.717) is 5.56 Å². The van der Waals surface area contributed by atoms with Crippen LogP contribution in [0.3, 0.4) is 0 Å². The molecule has 0 aliphatic carbocycles. The maximum atomic E-state index is 11.4. The van der Waals surface area contributed by atoms with Crippen LogP contribution in [0.2, 0.25) is 0 Å². The third-order valence-electron chi connectivity index (χ3n) is 1.94. The lowest BCUT2D eigenvalue weighted by atomic mass is 10.2. The zero-order valence-electron chi connectivity index (χ0n) is 9.77. The molecule has 0 spiro atoms. The van der Waals surface area contributed by atoms with Crippen molar-refractivity contribution in [3.8, 4) is 11.3 Å². The van der Waals surface area contributed by atoms with Crippen LogP contribution in [0.25, 0.3) is 11.3 Å². The summed E-state index contributed by atoms with van der Waals surface area (Å²) in [5.74, 6) is -0.562. The molecule has 1 heterocycles. The highest BCUT2D eigenvalue weighted by Crippen LogP contribution is 2.19. The van der Waals surface area contributed by atoms with Crippen LogP contribution in [0.5, 0.6) is 0 Å². The van der Waals surface area contributed by atoms with E-state index < -0.39 is 5.97 Å². The summed E-state index contributed by atoms with van der Waals surface area (Å²) in [6, 6.07) is 9.07. The number of carbonyl (C=O) groups excluding carboxylic acids is 1. The Labute approximate surface area is 94.3 Å². The molecular weight excluding hydrogens is 206 g/mol. The molecule has 4 heteroatoms. The topological polar surface area (TPSA) is 52.3 Å². The van der Waals surface area contributed by atoms with Crippen molar-refractivity contribution in [2.45, 2.75) is 6.92 Å². The maximum absolute atomic E-state index is 11.4. The minimum Gasteiger partial charge on any atom is -0.459 e. The summed E-state index contributed by atoms with van der Waals surface area (Å²) in [4.78, 5) is 15.1. The Hall–Kier alpha value is -2.10. The van der Waals surface area contributed by atoms with Gasteiger partial charge in [0.2, 0.25) is 0 Å². The van der Waals surface area contributed by atoms with Crippen molar-refractivity contribution in [3.05, 3.63) is 42.4 Å². The monoisotopic (exact) mass is 218 g/mol. The maximum Gasteiger partial charge on any atom is 0.394 e. The minimum absolute atomic E-state index is 0.0701. The quantitative estimate of drug-likeness (QED) is 0.743. The molecule has 0 saturated carbocycles. The van der Waals surface area contributed by atoms with Crippen LogP contribution in [-0.4, -0.2) is 17.6 Å². The van der Waals surface area contributed by atoms with Gasteiger partial charge in [0.15, 0.2) is 5.76 Å². The second-order valence-corrected chi connectivity index (χ2v) is 3.05. The van der Waals surface area contributed by atoms with E-state index in [1.165, 1.54) is 0 Å². The predicted molar refractivity (Wildman–Crippen MR) is 57.9 cm³/mol. The molecule has 16 heavy (non-hydrogen) atoms. The molecular formula is C12H11NO3. The average Bonchev–Trinajstić information content (AvgIpc) is 2.73. The van der Waals surface area contributed by atoms with Gasteiger partial charge in [-0.2, -0.15) is 0 Å². The van der Waals surface area contributed by atoms with Gasteiger partial charge in [0, 0.05) is 5.56 Å². The molecule has 0 unspecified atom stereocenters. The number of ether oxygens (including phenoxy) is 1. The Kier molecular flexibility index (Phi) is 2.64. The molecule has 1 aromatic heterocycles. The minimum atomic E-state index is -0.650. The molecule has 0 N–H and O–H groups in total. The molecule has 0 radical (unpaired) electrons. The van der Waals surface area contributed by atoms with Crippen LogP contribution in [0.15, 0.2) is 40.9 Å². The molecule has 2 aromatic rings. The molecule has 0 bridgehead atoms. The van der Waals surface area contributed by atoms with Gasteiger partial charge in [-0.05, 0) is 6.92 Å². The van der Waals surface area contributed by atoms with Gasteiger partial charge < -0.3 is 9.15 Å². The van der Waals surface area contributed by atoms with E-state index in [-0.39, 0.29) is 24.4 Å². The molecule has 0 fully saturated rings. The summed E-state index contributed by atoms with van der Waals surface area (Å²) in [7, 11) is 0. The fraction of sp³-hybridized carbons (Fsp3) is 0.167. The largest absolute Gasteiger partial charge is 0.459 e. The van der Waals surface area contributed by atoms with Crippen LogP contribution in [0.4, 0.5) is 0 Å². The first-order valence-corrected chi connectivity index (χ1v) is 4.92. The molecule has 82 valence electrons. The third kappa shape index (κ3) is 2.11. The molecule has 0 amide bonds. The van der Waals surface area contributed by atoms with E-state index in [4.69, 9.17) is 10.5 Å². The standard InChI is InChI=1S/C12H11NO3/c1-2-15-12(14)11-13-8-10(16-11)9-6-4-3-5-7-9/h3-8H,2H2,1H3/i8D. The Bertz CT molecular complexity index is 522. The summed E-state index contributed by atoms with van der Waals surface area (Å²) in [5.41, 5.74) is 0.709. The van der Waals surface area contributed by atoms with E-state index in [9.17, 15) is 4.79 Å². The van der Waals surface area contributed by atoms with Crippen LogP contribution >= 0.6 is 0 Å². The van der Waals surface area contributed by atoms with Gasteiger partial charge in [-0.25, -0.2) is 9.78 Å². The molecule has 0 saturated heterocycles. The molecule has 4 nitrogen and oxygen atoms in total. The number of carbonyl (C=O) groups is 1. The fourth-order valence-corrected chi connectivity index (χ4v) is 1.24. The van der Waals surface area contributed by atoms with Gasteiger partial charge in [-0.15, -0.1) is 0 Å². The Morgan fingerprint density at radius 2 is 2.25 bits per heavy atom. The van der Waals surface area contributed by atoms with E-state index in [1.54, 1.807) is 19.1 Å². The van der Waals surface area contributed by atoms with Crippen LogP contribution in [0, 0.1) is 0 Å². The lowest BCUT2D eigenvalue weighted by Gasteiger charge is -1.96.